The van der Waals surface area contributed by atoms with Crippen LogP contribution in [0.4, 0.5) is 0 Å². The first-order valence-corrected chi connectivity index (χ1v) is 15.9. The van der Waals surface area contributed by atoms with Crippen molar-refractivity contribution in [3.05, 3.63) is 121 Å². The Morgan fingerprint density at radius 2 is 0.500 bits per heavy atom. The summed E-state index contributed by atoms with van der Waals surface area (Å²) in [7, 11) is -3.51. The van der Waals surface area contributed by atoms with Gasteiger partial charge in [0.2, 0.25) is 0 Å². The van der Waals surface area contributed by atoms with Crippen LogP contribution < -0.4 is 20.7 Å². The van der Waals surface area contributed by atoms with Gasteiger partial charge < -0.3 is 0 Å². The summed E-state index contributed by atoms with van der Waals surface area (Å²) >= 11 is 0. The van der Waals surface area contributed by atoms with Crippen molar-refractivity contribution in [2.45, 2.75) is 24.2 Å². The maximum absolute atomic E-state index is 2.40. The Labute approximate surface area is 182 Å². The number of benzene rings is 4. The van der Waals surface area contributed by atoms with E-state index in [1.54, 1.807) is 20.7 Å². The smallest absolute Gasteiger partial charge is 0.0626 e. The molecule has 1 aliphatic heterocycles. The van der Waals surface area contributed by atoms with Crippen LogP contribution in [0.3, 0.4) is 0 Å². The first-order chi connectivity index (χ1) is 14.8. The van der Waals surface area contributed by atoms with Crippen molar-refractivity contribution in [3.8, 4) is 0 Å². The third kappa shape index (κ3) is 3.30. The molecule has 5 rings (SSSR count). The molecular weight excluding hydrogens is 392 g/mol. The van der Waals surface area contributed by atoms with E-state index in [1.807, 2.05) is 0 Å². The average Bonchev–Trinajstić information content (AvgIpc) is 2.86. The van der Waals surface area contributed by atoms with E-state index in [4.69, 9.17) is 0 Å². The van der Waals surface area contributed by atoms with Crippen LogP contribution in [0, 0.1) is 0 Å². The molecule has 30 heavy (non-hydrogen) atoms. The lowest BCUT2D eigenvalue weighted by molar-refractivity contribution is 1.15. The molecule has 0 spiro atoms. The maximum atomic E-state index is 2.40. The fourth-order valence-corrected chi connectivity index (χ4v) is 19.2. The lowest BCUT2D eigenvalue weighted by Gasteiger charge is -2.45. The fraction of sp³-hybridized carbons (Fsp3) is 0.143. The Bertz CT molecular complexity index is 895. The summed E-state index contributed by atoms with van der Waals surface area (Å²) < 4.78 is 0. The van der Waals surface area contributed by atoms with Gasteiger partial charge in [-0.15, -0.1) is 0 Å². The second-order valence-corrected chi connectivity index (χ2v) is 17.3. The molecule has 0 nitrogen and oxygen atoms in total. The molecule has 0 saturated carbocycles. The van der Waals surface area contributed by atoms with Crippen molar-refractivity contribution in [3.63, 3.8) is 0 Å². The van der Waals surface area contributed by atoms with Gasteiger partial charge in [0.1, 0.15) is 16.1 Å². The van der Waals surface area contributed by atoms with Crippen LogP contribution in [0.1, 0.15) is 0 Å². The van der Waals surface area contributed by atoms with Crippen LogP contribution >= 0.6 is 0 Å². The van der Waals surface area contributed by atoms with Gasteiger partial charge in [-0.1, -0.05) is 166 Å². The number of hydrogen-bond acceptors (Lipinski definition) is 0. The van der Waals surface area contributed by atoms with Crippen LogP contribution in [0.15, 0.2) is 121 Å². The normalized spacial score (nSPS) is 17.3. The Hall–Kier alpha value is -2.69. The van der Waals surface area contributed by atoms with E-state index in [-0.39, 0.29) is 0 Å². The molecule has 0 radical (unpaired) electrons. The van der Waals surface area contributed by atoms with Crippen molar-refractivity contribution in [1.82, 2.24) is 0 Å². The molecule has 2 heteroatoms. The summed E-state index contributed by atoms with van der Waals surface area (Å²) in [5, 5.41) is 6.44. The van der Waals surface area contributed by atoms with E-state index >= 15 is 0 Å². The van der Waals surface area contributed by atoms with Gasteiger partial charge in [0.25, 0.3) is 0 Å². The monoisotopic (exact) mass is 420 g/mol. The lowest BCUT2D eigenvalue weighted by Crippen LogP contribution is -2.68. The molecule has 4 aromatic carbocycles. The number of hydrogen-bond donors (Lipinski definition) is 0. The minimum atomic E-state index is -1.75. The highest BCUT2D eigenvalue weighted by Crippen LogP contribution is 2.35. The van der Waals surface area contributed by atoms with Crippen molar-refractivity contribution in [2.75, 3.05) is 0 Å². The Morgan fingerprint density at radius 1 is 0.300 bits per heavy atom. The van der Waals surface area contributed by atoms with E-state index < -0.39 is 16.1 Å². The summed E-state index contributed by atoms with van der Waals surface area (Å²) in [6.07, 6.45) is 0. The van der Waals surface area contributed by atoms with Gasteiger partial charge in [-0.3, -0.25) is 0 Å². The topological polar surface area (TPSA) is 0 Å². The highest BCUT2D eigenvalue weighted by atomic mass is 28.3. The lowest BCUT2D eigenvalue weighted by atomic mass is 10.4. The Kier molecular flexibility index (Phi) is 5.28. The standard InChI is InChI=1S/C28H28Si2/c1-5-13-25(14-6-1)29(26-15-7-2-8-16-26)21-23-30(24-22-29,27-17-9-3-10-18-27)28-19-11-4-12-20-28/h1-20H,21-24H2. The molecule has 4 aromatic rings. The van der Waals surface area contributed by atoms with Crippen molar-refractivity contribution in [2.24, 2.45) is 0 Å². The van der Waals surface area contributed by atoms with Crippen molar-refractivity contribution >= 4 is 36.9 Å². The zero-order chi connectivity index (χ0) is 20.3. The molecular formula is C28H28Si2. The third-order valence-electron chi connectivity index (χ3n) is 7.26. The maximum Gasteiger partial charge on any atom is 0.117 e. The van der Waals surface area contributed by atoms with Gasteiger partial charge in [0.05, 0.1) is 0 Å². The van der Waals surface area contributed by atoms with Gasteiger partial charge in [0, 0.05) is 0 Å². The average molecular weight is 421 g/mol. The Balaban J connectivity index is 1.61. The summed E-state index contributed by atoms with van der Waals surface area (Å²) in [4.78, 5) is 0. The first-order valence-electron chi connectivity index (χ1n) is 11.1. The summed E-state index contributed by atoms with van der Waals surface area (Å²) in [6.45, 7) is 0. The molecule has 0 amide bonds. The Morgan fingerprint density at radius 3 is 0.700 bits per heavy atom. The van der Waals surface area contributed by atoms with Crippen LogP contribution in [-0.4, -0.2) is 16.1 Å². The SMILES string of the molecule is c1ccc([Si]2(c3ccccc3)CC[Si](c3ccccc3)(c3ccccc3)CC2)cc1. The molecule has 1 aliphatic rings. The molecule has 1 saturated heterocycles. The molecule has 0 aromatic heterocycles. The van der Waals surface area contributed by atoms with Gasteiger partial charge >= 0.3 is 0 Å². The largest absolute Gasteiger partial charge is 0.117 e. The molecule has 0 N–H and O–H groups in total. The fourth-order valence-electron chi connectivity index (χ4n) is 5.62. The predicted octanol–water partition coefficient (Wildman–Crippen LogP) is 4.53. The highest BCUT2D eigenvalue weighted by molar-refractivity contribution is 7.10. The molecule has 0 bridgehead atoms. The summed E-state index contributed by atoms with van der Waals surface area (Å²) in [6, 6.07) is 51.1. The summed E-state index contributed by atoms with van der Waals surface area (Å²) in [5.74, 6) is 0. The zero-order valence-corrected chi connectivity index (χ0v) is 19.4. The van der Waals surface area contributed by atoms with Crippen molar-refractivity contribution < 1.29 is 0 Å². The van der Waals surface area contributed by atoms with E-state index in [2.05, 4.69) is 121 Å². The van der Waals surface area contributed by atoms with Crippen LogP contribution in [0.5, 0.6) is 0 Å². The van der Waals surface area contributed by atoms with E-state index in [1.165, 1.54) is 24.2 Å². The van der Waals surface area contributed by atoms with Gasteiger partial charge in [-0.05, 0) is 0 Å². The summed E-state index contributed by atoms with van der Waals surface area (Å²) in [5.41, 5.74) is 0. The molecule has 148 valence electrons. The first kappa shape index (κ1) is 19.3. The molecule has 0 aliphatic carbocycles. The highest BCUT2D eigenvalue weighted by Gasteiger charge is 2.48. The second-order valence-electron chi connectivity index (χ2n) is 8.63. The van der Waals surface area contributed by atoms with Crippen molar-refractivity contribution in [1.29, 1.82) is 0 Å². The minimum absolute atomic E-state index is 1.34. The van der Waals surface area contributed by atoms with E-state index in [9.17, 15) is 0 Å². The van der Waals surface area contributed by atoms with Crippen LogP contribution in [-0.2, 0) is 0 Å². The quantitative estimate of drug-likeness (QED) is 0.426. The van der Waals surface area contributed by atoms with Gasteiger partial charge in [0.15, 0.2) is 0 Å². The van der Waals surface area contributed by atoms with Crippen LogP contribution in [0.25, 0.3) is 0 Å². The van der Waals surface area contributed by atoms with E-state index in [0.717, 1.165) is 0 Å². The minimum Gasteiger partial charge on any atom is -0.0626 e. The molecule has 1 fully saturated rings. The second kappa shape index (κ2) is 8.21. The molecule has 0 atom stereocenters. The third-order valence-corrected chi connectivity index (χ3v) is 18.4. The number of rotatable bonds is 4. The van der Waals surface area contributed by atoms with Crippen LogP contribution in [0.2, 0.25) is 24.2 Å². The van der Waals surface area contributed by atoms with Gasteiger partial charge in [-0.2, -0.15) is 0 Å². The predicted molar refractivity (Wildman–Crippen MR) is 135 cm³/mol. The van der Waals surface area contributed by atoms with Gasteiger partial charge in [-0.25, -0.2) is 0 Å². The molecule has 1 heterocycles. The zero-order valence-electron chi connectivity index (χ0n) is 17.4. The molecule has 0 unspecified atom stereocenters. The van der Waals surface area contributed by atoms with E-state index in [0.29, 0.717) is 0 Å².